The molecule has 19 nitrogen and oxygen atoms in total. The molecule has 2 heterocycles. The van der Waals surface area contributed by atoms with Crippen LogP contribution in [0.4, 0.5) is 0 Å². The van der Waals surface area contributed by atoms with Crippen molar-refractivity contribution < 1.29 is 62.5 Å². The Kier molecular flexibility index (Phi) is 23.2. The van der Waals surface area contributed by atoms with Crippen LogP contribution in [0.5, 0.6) is 5.75 Å². The topological polar surface area (TPSA) is 247 Å². The van der Waals surface area contributed by atoms with Crippen LogP contribution in [-0.2, 0) is 59.0 Å². The second kappa shape index (κ2) is 27.5. The summed E-state index contributed by atoms with van der Waals surface area (Å²) in [4.78, 5) is 132. The van der Waals surface area contributed by atoms with Crippen LogP contribution in [0, 0.1) is 35.5 Å². The van der Waals surface area contributed by atoms with Crippen molar-refractivity contribution in [1.82, 2.24) is 30.7 Å². The molecule has 2 unspecified atom stereocenters. The average molecular weight is 1010 g/mol. The summed E-state index contributed by atoms with van der Waals surface area (Å²) in [7, 11) is 4.30. The van der Waals surface area contributed by atoms with Crippen LogP contribution in [0.2, 0.25) is 0 Å². The molecule has 0 bridgehead atoms. The molecule has 3 rings (SSSR count). The van der Waals surface area contributed by atoms with E-state index < -0.39 is 125 Å². The summed E-state index contributed by atoms with van der Waals surface area (Å²) in [5.74, 6) is -9.04. The normalized spacial score (nSPS) is 27.1. The van der Waals surface area contributed by atoms with Crippen LogP contribution in [0.3, 0.4) is 0 Å². The number of hydrogen-bond acceptors (Lipinski definition) is 13. The molecule has 0 saturated carbocycles. The molecule has 2 aliphatic rings. The van der Waals surface area contributed by atoms with Gasteiger partial charge in [0, 0.05) is 33.1 Å². The molecule has 12 atom stereocenters. The number of hydrogen-bond donors (Lipinski definition) is 4. The summed E-state index contributed by atoms with van der Waals surface area (Å²) < 4.78 is 17.3. The van der Waals surface area contributed by atoms with Gasteiger partial charge >= 0.3 is 11.9 Å². The number of aliphatic hydroxyl groups is 1. The summed E-state index contributed by atoms with van der Waals surface area (Å²) >= 11 is 0. The van der Waals surface area contributed by atoms with Gasteiger partial charge in [0.25, 0.3) is 5.91 Å². The molecular formula is C53H84N6O13. The number of esters is 2. The van der Waals surface area contributed by atoms with Crippen LogP contribution < -0.4 is 20.7 Å². The molecule has 1 aromatic carbocycles. The average Bonchev–Trinajstić information content (AvgIpc) is 3.82. The minimum Gasteiger partial charge on any atom is -0.497 e. The van der Waals surface area contributed by atoms with Gasteiger partial charge in [0.1, 0.15) is 48.2 Å². The van der Waals surface area contributed by atoms with Crippen molar-refractivity contribution in [3.8, 4) is 5.75 Å². The van der Waals surface area contributed by atoms with Crippen LogP contribution >= 0.6 is 0 Å². The van der Waals surface area contributed by atoms with E-state index in [1.807, 2.05) is 41.5 Å². The Morgan fingerprint density at radius 3 is 2.06 bits per heavy atom. The van der Waals surface area contributed by atoms with Crippen LogP contribution in [-0.4, -0.2) is 155 Å². The van der Waals surface area contributed by atoms with E-state index in [1.54, 1.807) is 45.0 Å². The number of amides is 6. The van der Waals surface area contributed by atoms with E-state index in [2.05, 4.69) is 16.0 Å². The van der Waals surface area contributed by atoms with Gasteiger partial charge in [-0.05, 0) is 93.7 Å². The number of nitrogens with one attached hydrogen (secondary N) is 3. The van der Waals surface area contributed by atoms with Crippen molar-refractivity contribution in [2.75, 3.05) is 27.7 Å². The zero-order valence-electron chi connectivity index (χ0n) is 45.3. The molecule has 72 heavy (non-hydrogen) atoms. The first kappa shape index (κ1) is 60.7. The fourth-order valence-electron chi connectivity index (χ4n) is 9.37. The molecule has 404 valence electrons. The third-order valence-electron chi connectivity index (χ3n) is 14.0. The Labute approximate surface area is 426 Å². The van der Waals surface area contributed by atoms with Crippen molar-refractivity contribution >= 4 is 53.2 Å². The Hall–Kier alpha value is -5.59. The Balaban J connectivity index is 2.29. The van der Waals surface area contributed by atoms with E-state index in [1.165, 1.54) is 51.8 Å². The second-order valence-corrected chi connectivity index (χ2v) is 21.2. The number of likely N-dealkylation sites (N-methyl/N-ethyl adjacent to an activating group) is 2. The number of cyclic esters (lactones) is 2. The summed E-state index contributed by atoms with van der Waals surface area (Å²) in [5, 5.41) is 18.7. The number of rotatable bonds is 14. The molecule has 2 saturated heterocycles. The molecule has 4 N–H and O–H groups in total. The lowest BCUT2D eigenvalue weighted by atomic mass is 9.86. The standard InChI is InChI=1S/C53H84N6O13/c1-16-31(8)43-32(9)26-42(61)72-46(30(6)7)45(62)33(10)47(63)54-38(24-28(2)3)51(67)59-23-17-18-39(59)52(68)58(14)41(27-36-19-21-37(70-15)22-20-36)53(69)71-35(12)44(49(65)55-43)56-48(64)40(25-29(4)5)57(13)50(66)34(11)60/h19-22,28-35,38-41,43-44,46,60H,16-18,23-27H2,1-15H3,(H,54,63)(H,55,65)(H,56,64)/t31-,32-,33-,34?,35+,38-,39?,40+,41-,43+,44-,46-/m0/s1. The Morgan fingerprint density at radius 1 is 0.889 bits per heavy atom. The van der Waals surface area contributed by atoms with Gasteiger partial charge in [0.05, 0.1) is 19.4 Å². The van der Waals surface area contributed by atoms with Gasteiger partial charge in [-0.1, -0.05) is 80.9 Å². The number of Topliss-reactive ketones (excluding diaryl/α,β-unsaturated/α-hetero) is 1. The van der Waals surface area contributed by atoms with Gasteiger partial charge in [-0.2, -0.15) is 0 Å². The summed E-state index contributed by atoms with van der Waals surface area (Å²) in [6.45, 7) is 20.5. The highest BCUT2D eigenvalue weighted by Gasteiger charge is 2.45. The van der Waals surface area contributed by atoms with Crippen molar-refractivity contribution in [2.24, 2.45) is 35.5 Å². The number of nitrogens with zero attached hydrogens (tertiary/aromatic N) is 3. The molecule has 1 aromatic rings. The number of fused-ring (bicyclic) bond motifs is 1. The second-order valence-electron chi connectivity index (χ2n) is 21.2. The first-order valence-corrected chi connectivity index (χ1v) is 25.6. The smallest absolute Gasteiger partial charge is 0.329 e. The Morgan fingerprint density at radius 2 is 1.51 bits per heavy atom. The first-order valence-electron chi connectivity index (χ1n) is 25.6. The third kappa shape index (κ3) is 16.2. The molecule has 2 aliphatic heterocycles. The number of benzene rings is 1. The number of methoxy groups -OCH3 is 1. The van der Waals surface area contributed by atoms with Crippen LogP contribution in [0.25, 0.3) is 0 Å². The monoisotopic (exact) mass is 1010 g/mol. The minimum absolute atomic E-state index is 0.0799. The number of carbonyl (C=O) groups excluding carboxylic acids is 9. The fourth-order valence-corrected chi connectivity index (χ4v) is 9.37. The van der Waals surface area contributed by atoms with Gasteiger partial charge in [-0.15, -0.1) is 0 Å². The predicted molar refractivity (Wildman–Crippen MR) is 269 cm³/mol. The third-order valence-corrected chi connectivity index (χ3v) is 14.0. The van der Waals surface area contributed by atoms with Crippen molar-refractivity contribution in [3.63, 3.8) is 0 Å². The molecule has 0 radical (unpaired) electrons. The van der Waals surface area contributed by atoms with Crippen LogP contribution in [0.15, 0.2) is 24.3 Å². The van der Waals surface area contributed by atoms with Crippen molar-refractivity contribution in [2.45, 2.75) is 183 Å². The van der Waals surface area contributed by atoms with E-state index >= 15 is 0 Å². The van der Waals surface area contributed by atoms with Gasteiger partial charge < -0.3 is 50.0 Å². The molecule has 19 heteroatoms. The highest BCUT2D eigenvalue weighted by atomic mass is 16.6. The molecule has 2 fully saturated rings. The lowest BCUT2D eigenvalue weighted by Crippen LogP contribution is -2.61. The molecule has 0 aliphatic carbocycles. The first-order chi connectivity index (χ1) is 33.6. The maximum absolute atomic E-state index is 14.9. The Bertz CT molecular complexity index is 2060. The van der Waals surface area contributed by atoms with Crippen molar-refractivity contribution in [3.05, 3.63) is 29.8 Å². The van der Waals surface area contributed by atoms with Crippen LogP contribution in [0.1, 0.15) is 127 Å². The lowest BCUT2D eigenvalue weighted by molar-refractivity contribution is -0.162. The zero-order valence-corrected chi connectivity index (χ0v) is 45.3. The summed E-state index contributed by atoms with van der Waals surface area (Å²) in [6, 6.07) is -0.239. The maximum Gasteiger partial charge on any atom is 0.329 e. The lowest BCUT2D eigenvalue weighted by Gasteiger charge is -2.36. The van der Waals surface area contributed by atoms with Gasteiger partial charge in [0.2, 0.25) is 29.5 Å². The molecular weight excluding hydrogens is 929 g/mol. The zero-order chi connectivity index (χ0) is 54.5. The maximum atomic E-state index is 14.9. The van der Waals surface area contributed by atoms with E-state index in [4.69, 9.17) is 14.2 Å². The quantitative estimate of drug-likeness (QED) is 0.154. The molecule has 0 aromatic heterocycles. The number of carbonyl (C=O) groups is 9. The highest BCUT2D eigenvalue weighted by Crippen LogP contribution is 2.27. The van der Waals surface area contributed by atoms with E-state index in [0.29, 0.717) is 24.2 Å². The minimum atomic E-state index is -1.61. The van der Waals surface area contributed by atoms with Gasteiger partial charge in [0.15, 0.2) is 11.9 Å². The fraction of sp³-hybridized carbons (Fsp3) is 0.717. The van der Waals surface area contributed by atoms with Gasteiger partial charge in [-0.3, -0.25) is 38.4 Å². The molecule has 0 spiro atoms. The van der Waals surface area contributed by atoms with Gasteiger partial charge in [-0.25, -0.2) is 4.79 Å². The van der Waals surface area contributed by atoms with E-state index in [9.17, 15) is 48.3 Å². The van der Waals surface area contributed by atoms with E-state index in [-0.39, 0.29) is 56.4 Å². The van der Waals surface area contributed by atoms with Crippen molar-refractivity contribution in [1.29, 1.82) is 0 Å². The number of aliphatic hydroxyl groups excluding tert-OH is 1. The van der Waals surface area contributed by atoms with E-state index in [0.717, 1.165) is 4.90 Å². The number of ketones is 1. The predicted octanol–water partition coefficient (Wildman–Crippen LogP) is 3.60. The SMILES string of the molecule is CC[C@H](C)[C@H]1NC(=O)[C@@H](NC(=O)[C@@H](CC(C)C)N(C)C(=O)C(C)O)[C@@H](C)OC(=O)[C@H](Cc2ccc(OC)cc2)N(C)C(=O)C2CCCN2C(=O)[C@H](CC(C)C)NC(=O)[C@@H](C)C(=O)[C@H](C(C)C)OC(=O)C[C@@H]1C. The number of ether oxygens (including phenoxy) is 3. The molecule has 6 amide bonds. The largest absolute Gasteiger partial charge is 0.497 e. The summed E-state index contributed by atoms with van der Waals surface area (Å²) in [6.07, 6.45) is -3.04. The summed E-state index contributed by atoms with van der Waals surface area (Å²) in [5.41, 5.74) is 0.610. The highest BCUT2D eigenvalue weighted by molar-refractivity contribution is 6.05.